The highest BCUT2D eigenvalue weighted by Gasteiger charge is 2.31. The van der Waals surface area contributed by atoms with E-state index in [0.29, 0.717) is 18.7 Å². The maximum Gasteiger partial charge on any atom is 0.0587 e. The fourth-order valence-electron chi connectivity index (χ4n) is 2.48. The summed E-state index contributed by atoms with van der Waals surface area (Å²) >= 11 is 0. The van der Waals surface area contributed by atoms with E-state index < -0.39 is 0 Å². The van der Waals surface area contributed by atoms with Crippen molar-refractivity contribution in [3.63, 3.8) is 0 Å². The van der Waals surface area contributed by atoms with Crippen molar-refractivity contribution in [1.29, 1.82) is 0 Å². The number of aliphatic hydroxyl groups excluding tert-OH is 1. The molecule has 0 spiro atoms. The van der Waals surface area contributed by atoms with Crippen LogP contribution in [0.4, 0.5) is 0 Å². The molecule has 2 rings (SSSR count). The first kappa shape index (κ1) is 8.48. The van der Waals surface area contributed by atoms with Crippen molar-refractivity contribution in [2.24, 2.45) is 0 Å². The number of aliphatic hydroxyl groups is 1. The van der Waals surface area contributed by atoms with E-state index in [1.807, 2.05) is 0 Å². The number of piperidine rings is 1. The molecule has 70 valence electrons. The molecule has 0 radical (unpaired) electrons. The van der Waals surface area contributed by atoms with Crippen LogP contribution in [0.25, 0.3) is 0 Å². The predicted octanol–water partition coefficient (Wildman–Crippen LogP) is -0.195. The van der Waals surface area contributed by atoms with Gasteiger partial charge in [-0.25, -0.2) is 0 Å². The Morgan fingerprint density at radius 2 is 2.33 bits per heavy atom. The van der Waals surface area contributed by atoms with Gasteiger partial charge in [-0.2, -0.15) is 0 Å². The monoisotopic (exact) mass is 170 g/mol. The van der Waals surface area contributed by atoms with Gasteiger partial charge in [-0.1, -0.05) is 6.42 Å². The van der Waals surface area contributed by atoms with Crippen LogP contribution in [-0.2, 0) is 0 Å². The minimum absolute atomic E-state index is 0.344. The summed E-state index contributed by atoms with van der Waals surface area (Å²) < 4.78 is 0. The van der Waals surface area contributed by atoms with Crippen LogP contribution in [0.5, 0.6) is 0 Å². The number of nitrogens with zero attached hydrogens (tertiary/aromatic N) is 1. The van der Waals surface area contributed by atoms with Gasteiger partial charge in [0.15, 0.2) is 0 Å². The molecule has 0 saturated carbocycles. The molecule has 2 atom stereocenters. The SMILES string of the molecule is OCC1CCC[C@H]2CNCCN12. The van der Waals surface area contributed by atoms with Gasteiger partial charge in [0, 0.05) is 31.7 Å². The average Bonchev–Trinajstić information content (AvgIpc) is 2.17. The molecule has 2 N–H and O–H groups in total. The van der Waals surface area contributed by atoms with Gasteiger partial charge in [0.05, 0.1) is 6.61 Å². The second kappa shape index (κ2) is 3.73. The third-order valence-corrected chi connectivity index (χ3v) is 3.15. The van der Waals surface area contributed by atoms with Crippen molar-refractivity contribution in [3.05, 3.63) is 0 Å². The minimum Gasteiger partial charge on any atom is -0.395 e. The quantitative estimate of drug-likeness (QED) is 0.572. The summed E-state index contributed by atoms with van der Waals surface area (Å²) in [6.07, 6.45) is 3.78. The largest absolute Gasteiger partial charge is 0.395 e. The van der Waals surface area contributed by atoms with Gasteiger partial charge in [0.2, 0.25) is 0 Å². The molecule has 0 aromatic heterocycles. The lowest BCUT2D eigenvalue weighted by atomic mass is 9.94. The lowest BCUT2D eigenvalue weighted by Gasteiger charge is -2.44. The molecular weight excluding hydrogens is 152 g/mol. The average molecular weight is 170 g/mol. The van der Waals surface area contributed by atoms with Gasteiger partial charge < -0.3 is 10.4 Å². The van der Waals surface area contributed by atoms with Gasteiger partial charge in [-0.15, -0.1) is 0 Å². The van der Waals surface area contributed by atoms with Crippen LogP contribution in [0, 0.1) is 0 Å². The molecule has 0 bridgehead atoms. The van der Waals surface area contributed by atoms with Crippen LogP contribution in [0.15, 0.2) is 0 Å². The lowest BCUT2D eigenvalue weighted by molar-refractivity contribution is 0.0300. The fourth-order valence-corrected chi connectivity index (χ4v) is 2.48. The summed E-state index contributed by atoms with van der Waals surface area (Å²) in [7, 11) is 0. The number of piperazine rings is 1. The van der Waals surface area contributed by atoms with Crippen molar-refractivity contribution < 1.29 is 5.11 Å². The summed E-state index contributed by atoms with van der Waals surface area (Å²) in [5.41, 5.74) is 0. The van der Waals surface area contributed by atoms with Gasteiger partial charge in [0.1, 0.15) is 0 Å². The third kappa shape index (κ3) is 1.49. The van der Waals surface area contributed by atoms with E-state index in [0.717, 1.165) is 19.6 Å². The fraction of sp³-hybridized carbons (Fsp3) is 1.00. The number of fused-ring (bicyclic) bond motifs is 1. The lowest BCUT2D eigenvalue weighted by Crippen LogP contribution is -2.58. The number of hydrogen-bond acceptors (Lipinski definition) is 3. The summed E-state index contributed by atoms with van der Waals surface area (Å²) in [5.74, 6) is 0. The summed E-state index contributed by atoms with van der Waals surface area (Å²) in [5, 5.41) is 12.6. The predicted molar refractivity (Wildman–Crippen MR) is 48.1 cm³/mol. The molecule has 2 fully saturated rings. The van der Waals surface area contributed by atoms with Gasteiger partial charge in [0.25, 0.3) is 0 Å². The zero-order valence-electron chi connectivity index (χ0n) is 7.50. The molecule has 2 heterocycles. The smallest absolute Gasteiger partial charge is 0.0587 e. The first-order valence-corrected chi connectivity index (χ1v) is 4.99. The standard InChI is InChI=1S/C9H18N2O/c12-7-9-3-1-2-8-6-10-4-5-11(8)9/h8-10,12H,1-7H2/t8-,9?/m0/s1. The number of nitrogens with one attached hydrogen (secondary N) is 1. The van der Waals surface area contributed by atoms with Crippen molar-refractivity contribution in [2.75, 3.05) is 26.2 Å². The molecule has 2 aliphatic heterocycles. The van der Waals surface area contributed by atoms with Crippen LogP contribution >= 0.6 is 0 Å². The Balaban J connectivity index is 1.99. The summed E-state index contributed by atoms with van der Waals surface area (Å²) in [4.78, 5) is 2.49. The molecule has 0 aromatic rings. The van der Waals surface area contributed by atoms with E-state index in [4.69, 9.17) is 5.11 Å². The normalized spacial score (nSPS) is 37.8. The Morgan fingerprint density at radius 3 is 3.17 bits per heavy atom. The molecule has 2 saturated heterocycles. The van der Waals surface area contributed by atoms with E-state index in [2.05, 4.69) is 10.2 Å². The maximum atomic E-state index is 9.17. The maximum absolute atomic E-state index is 9.17. The number of rotatable bonds is 1. The first-order valence-electron chi connectivity index (χ1n) is 4.99. The Morgan fingerprint density at radius 1 is 1.42 bits per heavy atom. The van der Waals surface area contributed by atoms with Gasteiger partial charge in [-0.05, 0) is 12.8 Å². The molecule has 0 aromatic carbocycles. The van der Waals surface area contributed by atoms with E-state index in [-0.39, 0.29) is 0 Å². The first-order chi connectivity index (χ1) is 5.92. The molecule has 3 nitrogen and oxygen atoms in total. The van der Waals surface area contributed by atoms with Crippen molar-refractivity contribution in [2.45, 2.75) is 31.3 Å². The number of hydrogen-bond donors (Lipinski definition) is 2. The van der Waals surface area contributed by atoms with Crippen LogP contribution < -0.4 is 5.32 Å². The topological polar surface area (TPSA) is 35.5 Å². The van der Waals surface area contributed by atoms with Crippen LogP contribution in [-0.4, -0.2) is 48.3 Å². The molecule has 0 aliphatic carbocycles. The minimum atomic E-state index is 0.344. The summed E-state index contributed by atoms with van der Waals surface area (Å²) in [6, 6.07) is 1.15. The van der Waals surface area contributed by atoms with Crippen LogP contribution in [0.2, 0.25) is 0 Å². The zero-order valence-corrected chi connectivity index (χ0v) is 7.50. The Hall–Kier alpha value is -0.120. The Bertz CT molecular complexity index is 143. The molecule has 12 heavy (non-hydrogen) atoms. The van der Waals surface area contributed by atoms with Gasteiger partial charge in [-0.3, -0.25) is 4.90 Å². The van der Waals surface area contributed by atoms with E-state index in [9.17, 15) is 0 Å². The van der Waals surface area contributed by atoms with Gasteiger partial charge >= 0.3 is 0 Å². The van der Waals surface area contributed by atoms with E-state index >= 15 is 0 Å². The molecule has 2 aliphatic rings. The van der Waals surface area contributed by atoms with Crippen molar-refractivity contribution >= 4 is 0 Å². The molecular formula is C9H18N2O. The second-order valence-electron chi connectivity index (χ2n) is 3.86. The van der Waals surface area contributed by atoms with E-state index in [1.165, 1.54) is 19.3 Å². The van der Waals surface area contributed by atoms with E-state index in [1.54, 1.807) is 0 Å². The zero-order chi connectivity index (χ0) is 8.39. The Labute approximate surface area is 73.8 Å². The molecule has 1 unspecified atom stereocenters. The highest BCUT2D eigenvalue weighted by molar-refractivity contribution is 4.88. The highest BCUT2D eigenvalue weighted by Crippen LogP contribution is 2.23. The van der Waals surface area contributed by atoms with Crippen molar-refractivity contribution in [1.82, 2.24) is 10.2 Å². The Kier molecular flexibility index (Phi) is 2.63. The molecule has 0 amide bonds. The molecule has 3 heteroatoms. The van der Waals surface area contributed by atoms with Crippen molar-refractivity contribution in [3.8, 4) is 0 Å². The second-order valence-corrected chi connectivity index (χ2v) is 3.86. The van der Waals surface area contributed by atoms with Crippen LogP contribution in [0.3, 0.4) is 0 Å². The van der Waals surface area contributed by atoms with Crippen LogP contribution in [0.1, 0.15) is 19.3 Å². The third-order valence-electron chi connectivity index (χ3n) is 3.15. The summed E-state index contributed by atoms with van der Waals surface area (Å²) in [6.45, 7) is 3.68. The highest BCUT2D eigenvalue weighted by atomic mass is 16.3.